The number of aryl methyl sites for hydroxylation is 1. The van der Waals surface area contributed by atoms with Gasteiger partial charge in [-0.05, 0) is 18.9 Å². The van der Waals surface area contributed by atoms with Crippen LogP contribution in [-0.4, -0.2) is 16.6 Å². The predicted octanol–water partition coefficient (Wildman–Crippen LogP) is 2.49. The maximum Gasteiger partial charge on any atom is 0.248 e. The third kappa shape index (κ3) is 2.30. The molecule has 0 radical (unpaired) electrons. The van der Waals surface area contributed by atoms with Crippen molar-refractivity contribution < 1.29 is 4.79 Å². The average Bonchev–Trinajstić information content (AvgIpc) is 2.63. The molecule has 0 saturated carbocycles. The molecule has 0 spiro atoms. The maximum absolute atomic E-state index is 11.6. The van der Waals surface area contributed by atoms with Gasteiger partial charge in [0.05, 0.1) is 13.0 Å². The number of nitrogens with zero attached hydrogens (tertiary/aromatic N) is 2. The molecular weight excluding hydrogens is 200 g/mol. The van der Waals surface area contributed by atoms with Crippen molar-refractivity contribution in [1.29, 1.82) is 0 Å². The van der Waals surface area contributed by atoms with E-state index < -0.39 is 0 Å². The standard InChI is InChI=1S/C13H16N2O/c1-3-12-8-13(16)15(14-12)9-11-6-4-10(2)5-7-11/h4-7H,3,8-9H2,1-2H3. The van der Waals surface area contributed by atoms with Gasteiger partial charge in [0.25, 0.3) is 0 Å². The fourth-order valence-electron chi connectivity index (χ4n) is 1.71. The summed E-state index contributed by atoms with van der Waals surface area (Å²) in [5, 5.41) is 5.88. The minimum absolute atomic E-state index is 0.109. The lowest BCUT2D eigenvalue weighted by atomic mass is 10.1. The first-order valence-corrected chi connectivity index (χ1v) is 5.61. The van der Waals surface area contributed by atoms with Gasteiger partial charge in [0, 0.05) is 5.71 Å². The number of carbonyl (C=O) groups is 1. The summed E-state index contributed by atoms with van der Waals surface area (Å²) in [4.78, 5) is 11.6. The van der Waals surface area contributed by atoms with Crippen molar-refractivity contribution in [3.8, 4) is 0 Å². The number of hydrogen-bond donors (Lipinski definition) is 0. The zero-order chi connectivity index (χ0) is 11.5. The Morgan fingerprint density at radius 3 is 2.56 bits per heavy atom. The van der Waals surface area contributed by atoms with Crippen LogP contribution in [0.4, 0.5) is 0 Å². The van der Waals surface area contributed by atoms with E-state index in [0.29, 0.717) is 13.0 Å². The normalized spacial score (nSPS) is 15.5. The molecule has 0 aliphatic carbocycles. The number of rotatable bonds is 3. The van der Waals surface area contributed by atoms with E-state index in [1.54, 1.807) is 5.01 Å². The minimum atomic E-state index is 0.109. The van der Waals surface area contributed by atoms with Crippen LogP contribution < -0.4 is 0 Å². The molecule has 0 atom stereocenters. The number of benzene rings is 1. The highest BCUT2D eigenvalue weighted by molar-refractivity contribution is 6.04. The highest BCUT2D eigenvalue weighted by Gasteiger charge is 2.22. The number of carbonyl (C=O) groups excluding carboxylic acids is 1. The van der Waals surface area contributed by atoms with Crippen molar-refractivity contribution in [2.45, 2.75) is 33.2 Å². The molecule has 1 aliphatic rings. The first kappa shape index (κ1) is 10.9. The number of amides is 1. The van der Waals surface area contributed by atoms with E-state index in [0.717, 1.165) is 17.7 Å². The van der Waals surface area contributed by atoms with Gasteiger partial charge in [-0.2, -0.15) is 5.10 Å². The summed E-state index contributed by atoms with van der Waals surface area (Å²) in [6, 6.07) is 8.20. The Morgan fingerprint density at radius 2 is 2.00 bits per heavy atom. The lowest BCUT2D eigenvalue weighted by Gasteiger charge is -2.11. The maximum atomic E-state index is 11.6. The van der Waals surface area contributed by atoms with Crippen LogP contribution in [-0.2, 0) is 11.3 Å². The Kier molecular flexibility index (Phi) is 3.04. The van der Waals surface area contributed by atoms with Gasteiger partial charge in [-0.15, -0.1) is 0 Å². The van der Waals surface area contributed by atoms with E-state index in [-0.39, 0.29) is 5.91 Å². The van der Waals surface area contributed by atoms with Crippen molar-refractivity contribution in [2.75, 3.05) is 0 Å². The second kappa shape index (κ2) is 4.47. The second-order valence-corrected chi connectivity index (χ2v) is 4.13. The topological polar surface area (TPSA) is 32.7 Å². The molecule has 0 N–H and O–H groups in total. The molecule has 0 unspecified atom stereocenters. The molecule has 1 heterocycles. The van der Waals surface area contributed by atoms with Crippen LogP contribution in [0.25, 0.3) is 0 Å². The largest absolute Gasteiger partial charge is 0.273 e. The van der Waals surface area contributed by atoms with Crippen LogP contribution in [0.3, 0.4) is 0 Å². The molecule has 1 amide bonds. The summed E-state index contributed by atoms with van der Waals surface area (Å²) in [5.74, 6) is 0.109. The van der Waals surface area contributed by atoms with Crippen LogP contribution in [0.15, 0.2) is 29.4 Å². The molecule has 0 aromatic heterocycles. The van der Waals surface area contributed by atoms with Crippen molar-refractivity contribution in [1.82, 2.24) is 5.01 Å². The third-order valence-electron chi connectivity index (χ3n) is 2.77. The van der Waals surface area contributed by atoms with Crippen molar-refractivity contribution in [3.63, 3.8) is 0 Å². The first-order chi connectivity index (χ1) is 7.69. The molecule has 3 nitrogen and oxygen atoms in total. The summed E-state index contributed by atoms with van der Waals surface area (Å²) >= 11 is 0. The summed E-state index contributed by atoms with van der Waals surface area (Å²) in [7, 11) is 0. The van der Waals surface area contributed by atoms with Crippen LogP contribution in [0.1, 0.15) is 30.9 Å². The summed E-state index contributed by atoms with van der Waals surface area (Å²) in [6.45, 7) is 4.67. The van der Waals surface area contributed by atoms with Gasteiger partial charge in [-0.25, -0.2) is 5.01 Å². The average molecular weight is 216 g/mol. The smallest absolute Gasteiger partial charge is 0.248 e. The highest BCUT2D eigenvalue weighted by Crippen LogP contribution is 2.14. The molecule has 84 valence electrons. The third-order valence-corrected chi connectivity index (χ3v) is 2.77. The van der Waals surface area contributed by atoms with E-state index in [9.17, 15) is 4.79 Å². The van der Waals surface area contributed by atoms with Crippen LogP contribution in [0.5, 0.6) is 0 Å². The Hall–Kier alpha value is -1.64. The molecule has 0 bridgehead atoms. The Bertz CT molecular complexity index is 420. The van der Waals surface area contributed by atoms with Crippen molar-refractivity contribution in [2.24, 2.45) is 5.10 Å². The lowest BCUT2D eigenvalue weighted by molar-refractivity contribution is -0.129. The van der Waals surface area contributed by atoms with Crippen LogP contribution in [0, 0.1) is 6.92 Å². The highest BCUT2D eigenvalue weighted by atomic mass is 16.2. The van der Waals surface area contributed by atoms with Gasteiger partial charge < -0.3 is 0 Å². The van der Waals surface area contributed by atoms with Crippen LogP contribution >= 0.6 is 0 Å². The summed E-state index contributed by atoms with van der Waals surface area (Å²) < 4.78 is 0. The molecule has 1 aromatic rings. The van der Waals surface area contributed by atoms with E-state index in [2.05, 4.69) is 24.2 Å². The summed E-state index contributed by atoms with van der Waals surface area (Å²) in [5.41, 5.74) is 3.34. The Labute approximate surface area is 95.8 Å². The molecule has 0 saturated heterocycles. The van der Waals surface area contributed by atoms with Gasteiger partial charge in [0.2, 0.25) is 5.91 Å². The van der Waals surface area contributed by atoms with Gasteiger partial charge >= 0.3 is 0 Å². The van der Waals surface area contributed by atoms with Gasteiger partial charge in [0.15, 0.2) is 0 Å². The zero-order valence-electron chi connectivity index (χ0n) is 9.73. The first-order valence-electron chi connectivity index (χ1n) is 5.61. The van der Waals surface area contributed by atoms with E-state index in [1.165, 1.54) is 5.56 Å². The molecule has 0 fully saturated rings. The van der Waals surface area contributed by atoms with Crippen molar-refractivity contribution >= 4 is 11.6 Å². The summed E-state index contributed by atoms with van der Waals surface area (Å²) in [6.07, 6.45) is 1.35. The fraction of sp³-hybridized carbons (Fsp3) is 0.385. The minimum Gasteiger partial charge on any atom is -0.273 e. The number of hydrazone groups is 1. The van der Waals surface area contributed by atoms with Gasteiger partial charge in [0.1, 0.15) is 0 Å². The van der Waals surface area contributed by atoms with Gasteiger partial charge in [-0.1, -0.05) is 36.8 Å². The SMILES string of the molecule is CCC1=NN(Cc2ccc(C)cc2)C(=O)C1. The fourth-order valence-corrected chi connectivity index (χ4v) is 1.71. The second-order valence-electron chi connectivity index (χ2n) is 4.13. The molecule has 2 rings (SSSR count). The Morgan fingerprint density at radius 1 is 1.31 bits per heavy atom. The van der Waals surface area contributed by atoms with Crippen molar-refractivity contribution in [3.05, 3.63) is 35.4 Å². The molecule has 1 aromatic carbocycles. The van der Waals surface area contributed by atoms with E-state index in [1.807, 2.05) is 19.1 Å². The molecule has 3 heteroatoms. The van der Waals surface area contributed by atoms with E-state index in [4.69, 9.17) is 0 Å². The predicted molar refractivity (Wildman–Crippen MR) is 64.1 cm³/mol. The van der Waals surface area contributed by atoms with E-state index >= 15 is 0 Å². The van der Waals surface area contributed by atoms with Crippen LogP contribution in [0.2, 0.25) is 0 Å². The van der Waals surface area contributed by atoms with Gasteiger partial charge in [-0.3, -0.25) is 4.79 Å². The number of hydrogen-bond acceptors (Lipinski definition) is 2. The molecule has 16 heavy (non-hydrogen) atoms. The molecule has 1 aliphatic heterocycles. The Balaban J connectivity index is 2.07. The zero-order valence-corrected chi connectivity index (χ0v) is 9.73. The lowest BCUT2D eigenvalue weighted by Crippen LogP contribution is -2.19. The molecular formula is C13H16N2O. The monoisotopic (exact) mass is 216 g/mol. The quantitative estimate of drug-likeness (QED) is 0.764.